The average Bonchev–Trinajstić information content (AvgIpc) is 1.78. The van der Waals surface area contributed by atoms with Crippen LogP contribution < -0.4 is 10.6 Å². The second-order valence-corrected chi connectivity index (χ2v) is 24.7. The summed E-state index contributed by atoms with van der Waals surface area (Å²) in [5, 5.41) is 25.1. The third-order valence-corrected chi connectivity index (χ3v) is 17.2. The number of carbonyl (C=O) groups excluding carboxylic acids is 6. The maximum atomic E-state index is 13.4. The number of hydrogen-bond donors (Lipinski definition) is 6. The number of aromatic carboxylic acids is 2. The van der Waals surface area contributed by atoms with Crippen LogP contribution in [0.5, 0.6) is 0 Å². The molecular weight excluding hydrogens is 1550 g/mol. The summed E-state index contributed by atoms with van der Waals surface area (Å²) in [6, 6.07) is 69.9. The molecule has 0 saturated carbocycles. The van der Waals surface area contributed by atoms with Crippen LogP contribution in [0, 0.1) is 0 Å². The van der Waals surface area contributed by atoms with Crippen molar-refractivity contribution in [1.29, 1.82) is 0 Å². The van der Waals surface area contributed by atoms with E-state index in [0.29, 0.717) is 22.5 Å². The fraction of sp³-hybridized carbons (Fsp3) is 0.0889. The molecule has 25 heteroatoms. The number of esters is 4. The monoisotopic (exact) mass is 1620 g/mol. The van der Waals surface area contributed by atoms with E-state index in [-0.39, 0.29) is 66.5 Å². The van der Waals surface area contributed by atoms with E-state index in [1.807, 2.05) is 182 Å². The Bertz CT molecular complexity index is 5220. The minimum Gasteiger partial charge on any atom is -0.478 e. The van der Waals surface area contributed by atoms with Crippen molar-refractivity contribution < 1.29 is 87.0 Å². The number of ether oxygens (including phenoxy) is 4. The van der Waals surface area contributed by atoms with E-state index < -0.39 is 47.8 Å². The number of hydrogen-bond acceptors (Lipinski definition) is 18. The first kappa shape index (κ1) is 84.2. The molecule has 0 bridgehead atoms. The van der Waals surface area contributed by atoms with Crippen LogP contribution in [-0.4, -0.2) is 138 Å². The largest absolute Gasteiger partial charge is 0.478 e. The normalized spacial score (nSPS) is 11.0. The van der Waals surface area contributed by atoms with Gasteiger partial charge in [0.15, 0.2) is 0 Å². The number of aromatic nitrogens is 8. The van der Waals surface area contributed by atoms with Gasteiger partial charge in [-0.2, -0.15) is 0 Å². The first-order valence-corrected chi connectivity index (χ1v) is 35.3. The van der Waals surface area contributed by atoms with Gasteiger partial charge < -0.3 is 49.8 Å². The number of pyridine rings is 6. The zero-order valence-electron chi connectivity index (χ0n) is 62.4. The van der Waals surface area contributed by atoms with Gasteiger partial charge in [-0.3, -0.25) is 39.5 Å². The molecule has 6 aromatic carbocycles. The number of amides is 2. The fourth-order valence-corrected chi connectivity index (χ4v) is 11.2. The van der Waals surface area contributed by atoms with Crippen molar-refractivity contribution in [3.63, 3.8) is 0 Å². The van der Waals surface area contributed by atoms with Crippen molar-refractivity contribution in [1.82, 2.24) is 50.5 Å². The zero-order valence-corrected chi connectivity index (χ0v) is 64.2. The summed E-state index contributed by atoms with van der Waals surface area (Å²) < 4.78 is 19.2. The zero-order chi connectivity index (χ0) is 80.6. The number of fused-ring (bicyclic) bond motifs is 2. The standard InChI is InChI=1S/C36H32N6O6.2C17H14O4.2C10H8N2.Ru/c1-47-35(45)31(17-23-19-39-27-9-5-3-7-25(23)27)41-33(43)21-11-13-37-29(15-21)30-16-22(12-14-38-30)34(44)42-32(36(46)48-2)18-24-20-40-28-10-6-4-8-26(24)28;2*1-21-17(20)15-10-6-13(7-11-15)3-2-12-4-8-14(9-5-12)16(18)19;2*1-3-7-11-9(5-1)10-6-2-4-8-12-10;/h3-16,19-20,31-32,39-40H,17-18H2,1-2H3,(H,41,43)(H,42,44);2*2-11H,1H3,(H,18,19);2*1-8H;/b;2*3-2+;;;. The van der Waals surface area contributed by atoms with Gasteiger partial charge in [-0.05, 0) is 167 Å². The molecule has 578 valence electrons. The first-order chi connectivity index (χ1) is 55.5. The van der Waals surface area contributed by atoms with Crippen molar-refractivity contribution in [2.24, 2.45) is 0 Å². The van der Waals surface area contributed by atoms with E-state index in [0.717, 1.165) is 78.0 Å². The number of carbonyl (C=O) groups is 8. The van der Waals surface area contributed by atoms with Crippen LogP contribution in [0.15, 0.2) is 292 Å². The maximum absolute atomic E-state index is 13.4. The molecule has 0 aliphatic carbocycles. The summed E-state index contributed by atoms with van der Waals surface area (Å²) in [6.45, 7) is 0. The minimum absolute atomic E-state index is 0. The van der Waals surface area contributed by atoms with Crippen LogP contribution in [0.1, 0.15) is 95.5 Å². The van der Waals surface area contributed by atoms with Crippen molar-refractivity contribution in [3.8, 4) is 34.2 Å². The quantitative estimate of drug-likeness (QED) is 0.0168. The van der Waals surface area contributed by atoms with Crippen molar-refractivity contribution in [3.05, 3.63) is 359 Å². The van der Waals surface area contributed by atoms with Gasteiger partial charge >= 0.3 is 35.8 Å². The molecule has 0 saturated heterocycles. The molecule has 6 N–H and O–H groups in total. The molecule has 0 aliphatic heterocycles. The Morgan fingerprint density at radius 2 is 0.626 bits per heavy atom. The first-order valence-electron chi connectivity index (χ1n) is 35.3. The van der Waals surface area contributed by atoms with E-state index >= 15 is 0 Å². The summed E-state index contributed by atoms with van der Waals surface area (Å²) in [5.74, 6) is -4.81. The van der Waals surface area contributed by atoms with Crippen LogP contribution in [0.3, 0.4) is 0 Å². The van der Waals surface area contributed by atoms with Crippen molar-refractivity contribution in [2.45, 2.75) is 24.9 Å². The summed E-state index contributed by atoms with van der Waals surface area (Å²) in [4.78, 5) is 128. The smallest absolute Gasteiger partial charge is 0.337 e. The molecule has 8 heterocycles. The van der Waals surface area contributed by atoms with Gasteiger partial charge in [-0.15, -0.1) is 0 Å². The van der Waals surface area contributed by atoms with Crippen molar-refractivity contribution in [2.75, 3.05) is 28.4 Å². The number of rotatable bonds is 21. The Labute approximate surface area is 673 Å². The minimum atomic E-state index is -0.949. The third-order valence-electron chi connectivity index (χ3n) is 17.2. The number of H-pyrrole nitrogens is 2. The number of benzene rings is 6. The average molecular weight is 1620 g/mol. The van der Waals surface area contributed by atoms with Crippen LogP contribution in [0.25, 0.3) is 80.3 Å². The summed E-state index contributed by atoms with van der Waals surface area (Å²) >= 11 is 0. The molecule has 24 nitrogen and oxygen atoms in total. The van der Waals surface area contributed by atoms with E-state index in [1.54, 1.807) is 97.6 Å². The van der Waals surface area contributed by atoms with Crippen LogP contribution >= 0.6 is 0 Å². The van der Waals surface area contributed by atoms with E-state index in [4.69, 9.17) is 19.7 Å². The van der Waals surface area contributed by atoms with Gasteiger partial charge in [0.1, 0.15) is 12.1 Å². The molecular formula is C90H76N10O14Ru. The van der Waals surface area contributed by atoms with Gasteiger partial charge in [0.05, 0.1) is 84.9 Å². The molecule has 2 atom stereocenters. The second-order valence-electron chi connectivity index (χ2n) is 24.7. The molecule has 14 aromatic rings. The topological polar surface area (TPSA) is 347 Å². The van der Waals surface area contributed by atoms with Crippen LogP contribution in [0.4, 0.5) is 0 Å². The molecule has 0 spiro atoms. The van der Waals surface area contributed by atoms with Gasteiger partial charge in [0, 0.05) is 115 Å². The fourth-order valence-electron chi connectivity index (χ4n) is 11.2. The van der Waals surface area contributed by atoms with E-state index in [1.165, 1.54) is 65.1 Å². The number of methoxy groups -OCH3 is 4. The Morgan fingerprint density at radius 3 is 0.904 bits per heavy atom. The van der Waals surface area contributed by atoms with Crippen LogP contribution in [-0.2, 0) is 60.9 Å². The van der Waals surface area contributed by atoms with Gasteiger partial charge in [-0.25, -0.2) is 28.8 Å². The second kappa shape index (κ2) is 42.9. The summed E-state index contributed by atoms with van der Waals surface area (Å²) in [7, 11) is 5.23. The number of nitrogens with zero attached hydrogens (tertiary/aromatic N) is 6. The van der Waals surface area contributed by atoms with Crippen LogP contribution in [0.2, 0.25) is 0 Å². The van der Waals surface area contributed by atoms with Crippen molar-refractivity contribution >= 4 is 93.7 Å². The molecule has 14 rings (SSSR count). The molecule has 2 amide bonds. The maximum Gasteiger partial charge on any atom is 0.337 e. The van der Waals surface area contributed by atoms with Gasteiger partial charge in [-0.1, -0.05) is 133 Å². The SMILES string of the molecule is COC(=O)C(Cc1c[nH]c2ccccc12)NC(=O)c1ccnc(-c2cc(C(=O)NC(Cc3c[nH]c4ccccc34)C(=O)OC)ccn2)c1.COC(=O)c1ccc(/C=C/c2ccc(C(=O)O)cc2)cc1.COC(=O)c1ccc(/C=C/c2ccc(C(=O)O)cc2)cc1.[Ru].c1ccc(-c2ccccn2)nc1.c1ccc(-c2ccccn2)nc1. The third kappa shape index (κ3) is 24.6. The molecule has 115 heavy (non-hydrogen) atoms. The molecule has 0 aliphatic rings. The van der Waals surface area contributed by atoms with Gasteiger partial charge in [0.2, 0.25) is 0 Å². The molecule has 0 radical (unpaired) electrons. The number of nitrogens with one attached hydrogen (secondary N) is 4. The van der Waals surface area contributed by atoms with Gasteiger partial charge in [0.25, 0.3) is 11.8 Å². The predicted molar refractivity (Wildman–Crippen MR) is 433 cm³/mol. The van der Waals surface area contributed by atoms with E-state index in [2.05, 4.69) is 60.0 Å². The number of carboxylic acid groups (broad SMARTS) is 2. The number of para-hydroxylation sites is 2. The molecule has 2 unspecified atom stereocenters. The Balaban J connectivity index is 0.000000186. The predicted octanol–water partition coefficient (Wildman–Crippen LogP) is 15.1. The summed E-state index contributed by atoms with van der Waals surface area (Å²) in [5.41, 5.74) is 13.5. The van der Waals surface area contributed by atoms with E-state index in [9.17, 15) is 38.4 Å². The summed E-state index contributed by atoms with van der Waals surface area (Å²) in [6.07, 6.45) is 21.5. The molecule has 0 fully saturated rings. The Morgan fingerprint density at radius 1 is 0.339 bits per heavy atom. The molecule has 8 aromatic heterocycles. The number of aromatic amines is 2. The Kier molecular flexibility index (Phi) is 31.4. The number of carboxylic acids is 2. The Hall–Kier alpha value is -14.8.